The van der Waals surface area contributed by atoms with Crippen molar-refractivity contribution in [1.29, 1.82) is 0 Å². The van der Waals surface area contributed by atoms with Gasteiger partial charge in [0.1, 0.15) is 11.5 Å². The van der Waals surface area contributed by atoms with Crippen LogP contribution in [0.3, 0.4) is 0 Å². The average Bonchev–Trinajstić information content (AvgIpc) is 3.19. The van der Waals surface area contributed by atoms with Crippen LogP contribution in [0.5, 0.6) is 5.75 Å². The molecule has 4 aromatic rings. The maximum atomic E-state index is 12.0. The number of carbonyl (C=O) groups is 1. The molecular weight excluding hydrogens is 524 g/mol. The molecule has 0 saturated carbocycles. The fourth-order valence-corrected chi connectivity index (χ4v) is 4.29. The highest BCUT2D eigenvalue weighted by Crippen LogP contribution is 2.36. The molecule has 0 atom stereocenters. The van der Waals surface area contributed by atoms with E-state index in [0.717, 1.165) is 20.5 Å². The van der Waals surface area contributed by atoms with Crippen LogP contribution in [0.4, 0.5) is 0 Å². The van der Waals surface area contributed by atoms with Crippen LogP contribution in [0.2, 0.25) is 5.02 Å². The lowest BCUT2D eigenvalue weighted by atomic mass is 10.1. The second-order valence-corrected chi connectivity index (χ2v) is 9.15. The van der Waals surface area contributed by atoms with Crippen molar-refractivity contribution < 1.29 is 13.9 Å². The number of ether oxygens (including phenoxy) is 1. The molecule has 0 aliphatic carbocycles. The number of nitrogens with one attached hydrogen (secondary N) is 1. The van der Waals surface area contributed by atoms with Gasteiger partial charge in [0.05, 0.1) is 10.7 Å². The summed E-state index contributed by atoms with van der Waals surface area (Å²) < 4.78 is 12.1. The Balaban J connectivity index is 1.26. The zero-order valence-electron chi connectivity index (χ0n) is 17.2. The van der Waals surface area contributed by atoms with Gasteiger partial charge in [0.2, 0.25) is 0 Å². The maximum Gasteiger partial charge on any atom is 0.277 e. The van der Waals surface area contributed by atoms with E-state index in [1.165, 1.54) is 18.0 Å². The number of carbonyl (C=O) groups excluding carboxylic acids is 1. The Morgan fingerprint density at radius 2 is 1.73 bits per heavy atom. The zero-order chi connectivity index (χ0) is 23.0. The van der Waals surface area contributed by atoms with Crippen molar-refractivity contribution in [3.8, 4) is 16.9 Å². The molecule has 1 N–H and O–H groups in total. The van der Waals surface area contributed by atoms with Crippen molar-refractivity contribution in [3.63, 3.8) is 0 Å². The highest BCUT2D eigenvalue weighted by molar-refractivity contribution is 9.10. The molecule has 0 bridgehead atoms. The van der Waals surface area contributed by atoms with Crippen molar-refractivity contribution in [1.82, 2.24) is 5.43 Å². The molecule has 5 nitrogen and oxygen atoms in total. The first kappa shape index (κ1) is 23.2. The van der Waals surface area contributed by atoms with Gasteiger partial charge in [0.25, 0.3) is 5.91 Å². The van der Waals surface area contributed by atoms with E-state index in [-0.39, 0.29) is 12.5 Å². The Labute approximate surface area is 208 Å². The normalized spacial score (nSPS) is 11.0. The van der Waals surface area contributed by atoms with Gasteiger partial charge in [-0.1, -0.05) is 65.8 Å². The van der Waals surface area contributed by atoms with Gasteiger partial charge in [-0.2, -0.15) is 5.10 Å². The molecule has 0 aliphatic heterocycles. The molecule has 0 unspecified atom stereocenters. The number of halogens is 2. The summed E-state index contributed by atoms with van der Waals surface area (Å²) >= 11 is 10.8. The van der Waals surface area contributed by atoms with E-state index in [1.807, 2.05) is 78.9 Å². The quantitative estimate of drug-likeness (QED) is 0.192. The number of hydrazone groups is 1. The summed E-state index contributed by atoms with van der Waals surface area (Å²) in [6, 6.07) is 26.8. The van der Waals surface area contributed by atoms with Crippen LogP contribution < -0.4 is 10.2 Å². The van der Waals surface area contributed by atoms with E-state index in [1.54, 1.807) is 6.07 Å². The number of hydrogen-bond acceptors (Lipinski definition) is 5. The lowest BCUT2D eigenvalue weighted by Gasteiger charge is -2.06. The molecule has 33 heavy (non-hydrogen) atoms. The van der Waals surface area contributed by atoms with Crippen LogP contribution in [-0.4, -0.2) is 18.7 Å². The lowest BCUT2D eigenvalue weighted by Crippen LogP contribution is -2.24. The van der Waals surface area contributed by atoms with Gasteiger partial charge in [-0.05, 0) is 63.5 Å². The number of rotatable bonds is 8. The smallest absolute Gasteiger partial charge is 0.277 e. The number of hydrogen-bond donors (Lipinski definition) is 1. The summed E-state index contributed by atoms with van der Waals surface area (Å²) in [6.45, 7) is -0.151. The van der Waals surface area contributed by atoms with Crippen LogP contribution >= 0.6 is 39.3 Å². The Morgan fingerprint density at radius 3 is 2.45 bits per heavy atom. The summed E-state index contributed by atoms with van der Waals surface area (Å²) in [5, 5.41) is 5.28. The van der Waals surface area contributed by atoms with E-state index < -0.39 is 0 Å². The molecule has 0 fully saturated rings. The second kappa shape index (κ2) is 11.2. The fraction of sp³-hybridized carbons (Fsp3) is 0.0400. The minimum atomic E-state index is -0.375. The van der Waals surface area contributed by atoms with Crippen molar-refractivity contribution >= 4 is 51.4 Å². The first-order chi connectivity index (χ1) is 16.1. The molecule has 0 aliphatic rings. The minimum Gasteiger partial charge on any atom is -0.484 e. The van der Waals surface area contributed by atoms with Gasteiger partial charge in [-0.25, -0.2) is 5.43 Å². The lowest BCUT2D eigenvalue weighted by molar-refractivity contribution is -0.123. The molecule has 3 aromatic carbocycles. The largest absolute Gasteiger partial charge is 0.484 e. The number of benzene rings is 3. The first-order valence-corrected chi connectivity index (χ1v) is 11.9. The Kier molecular flexibility index (Phi) is 7.88. The Morgan fingerprint density at radius 1 is 1.03 bits per heavy atom. The molecular formula is C25H18BrClN2O3S. The average molecular weight is 542 g/mol. The Bertz CT molecular complexity index is 1240. The van der Waals surface area contributed by atoms with Gasteiger partial charge < -0.3 is 9.15 Å². The van der Waals surface area contributed by atoms with E-state index in [9.17, 15) is 4.79 Å². The predicted octanol–water partition coefficient (Wildman–Crippen LogP) is 7.04. The van der Waals surface area contributed by atoms with Crippen LogP contribution in [0.25, 0.3) is 11.1 Å². The molecule has 1 heterocycles. The second-order valence-electron chi connectivity index (χ2n) is 6.81. The third-order valence-electron chi connectivity index (χ3n) is 4.41. The summed E-state index contributed by atoms with van der Waals surface area (Å²) in [7, 11) is 0. The third kappa shape index (κ3) is 6.74. The number of nitrogens with zero attached hydrogens (tertiary/aromatic N) is 1. The van der Waals surface area contributed by atoms with Crippen molar-refractivity contribution in [2.75, 3.05) is 6.61 Å². The summed E-state index contributed by atoms with van der Waals surface area (Å²) in [5.74, 6) is 0.725. The molecule has 4 rings (SSSR count). The highest BCUT2D eigenvalue weighted by atomic mass is 79.9. The van der Waals surface area contributed by atoms with Gasteiger partial charge >= 0.3 is 0 Å². The van der Waals surface area contributed by atoms with Crippen molar-refractivity contribution in [2.45, 2.75) is 9.99 Å². The maximum absolute atomic E-state index is 12.0. The molecule has 166 valence electrons. The summed E-state index contributed by atoms with van der Waals surface area (Å²) in [4.78, 5) is 13.0. The van der Waals surface area contributed by atoms with E-state index in [2.05, 4.69) is 26.5 Å². The molecule has 0 spiro atoms. The van der Waals surface area contributed by atoms with Crippen LogP contribution in [-0.2, 0) is 4.79 Å². The molecule has 0 saturated heterocycles. The SMILES string of the molecule is O=C(COc1ccc(-c2ccccc2)cc1)NN=Cc1cc(Br)c(Sc2ccc(Cl)cc2)o1. The first-order valence-electron chi connectivity index (χ1n) is 9.90. The minimum absolute atomic E-state index is 0.151. The fourth-order valence-electron chi connectivity index (χ4n) is 2.84. The number of furan rings is 1. The summed E-state index contributed by atoms with van der Waals surface area (Å²) in [6.07, 6.45) is 1.43. The molecule has 0 radical (unpaired) electrons. The van der Waals surface area contributed by atoms with E-state index >= 15 is 0 Å². The Hall–Kier alpha value is -3.00. The van der Waals surface area contributed by atoms with Crippen LogP contribution in [0, 0.1) is 0 Å². The third-order valence-corrected chi connectivity index (χ3v) is 6.51. The van der Waals surface area contributed by atoms with Gasteiger partial charge in [-0.15, -0.1) is 0 Å². The standard InChI is InChI=1S/C25H18BrClN2O3S/c26-23-14-21(32-25(23)33-22-12-8-19(27)9-13-22)15-28-29-24(30)16-31-20-10-6-18(7-11-20)17-4-2-1-3-5-17/h1-15H,16H2,(H,29,30). The van der Waals surface area contributed by atoms with Crippen LogP contribution in [0.15, 0.2) is 109 Å². The van der Waals surface area contributed by atoms with Gasteiger partial charge in [-0.3, -0.25) is 4.79 Å². The van der Waals surface area contributed by atoms with Gasteiger partial charge in [0.15, 0.2) is 11.7 Å². The van der Waals surface area contributed by atoms with Gasteiger partial charge in [0, 0.05) is 16.0 Å². The monoisotopic (exact) mass is 540 g/mol. The molecule has 8 heteroatoms. The van der Waals surface area contributed by atoms with Crippen LogP contribution in [0.1, 0.15) is 5.76 Å². The van der Waals surface area contributed by atoms with Crippen molar-refractivity contribution in [2.24, 2.45) is 5.10 Å². The predicted molar refractivity (Wildman–Crippen MR) is 135 cm³/mol. The molecule has 1 amide bonds. The van der Waals surface area contributed by atoms with E-state index in [4.69, 9.17) is 20.8 Å². The topological polar surface area (TPSA) is 63.8 Å². The highest BCUT2D eigenvalue weighted by Gasteiger charge is 2.10. The summed E-state index contributed by atoms with van der Waals surface area (Å²) in [5.41, 5.74) is 4.63. The van der Waals surface area contributed by atoms with E-state index in [0.29, 0.717) is 21.6 Å². The number of amides is 1. The van der Waals surface area contributed by atoms with Crippen molar-refractivity contribution in [3.05, 3.63) is 100 Å². The zero-order valence-corrected chi connectivity index (χ0v) is 20.4. The molecule has 1 aromatic heterocycles.